The van der Waals surface area contributed by atoms with Crippen LogP contribution in [-0.2, 0) is 21.2 Å². The maximum atomic E-state index is 12.6. The van der Waals surface area contributed by atoms with Gasteiger partial charge >= 0.3 is 0 Å². The highest BCUT2D eigenvalue weighted by molar-refractivity contribution is 7.89. The first-order valence-corrected chi connectivity index (χ1v) is 9.15. The number of nitrogens with one attached hydrogen (secondary N) is 2. The van der Waals surface area contributed by atoms with Crippen LogP contribution in [0.3, 0.4) is 0 Å². The summed E-state index contributed by atoms with van der Waals surface area (Å²) in [6.07, 6.45) is 5.23. The Hall–Kier alpha value is -1.11. The Morgan fingerprint density at radius 2 is 2.19 bits per heavy atom. The van der Waals surface area contributed by atoms with Gasteiger partial charge in [-0.05, 0) is 49.8 Å². The van der Waals surface area contributed by atoms with E-state index in [-0.39, 0.29) is 18.2 Å². The third kappa shape index (κ3) is 2.45. The molecule has 114 valence electrons. The molecule has 0 aromatic heterocycles. The van der Waals surface area contributed by atoms with E-state index >= 15 is 0 Å². The maximum Gasteiger partial charge on any atom is 0.240 e. The van der Waals surface area contributed by atoms with E-state index in [1.54, 1.807) is 12.1 Å². The average molecular weight is 308 g/mol. The number of sulfonamides is 1. The highest BCUT2D eigenvalue weighted by Crippen LogP contribution is 2.35. The zero-order valence-electron chi connectivity index (χ0n) is 11.8. The zero-order valence-corrected chi connectivity index (χ0v) is 12.7. The van der Waals surface area contributed by atoms with E-state index < -0.39 is 10.0 Å². The van der Waals surface area contributed by atoms with E-state index in [9.17, 15) is 8.42 Å². The summed E-state index contributed by atoms with van der Waals surface area (Å²) in [7, 11) is -3.47. The highest BCUT2D eigenvalue weighted by atomic mass is 32.2. The molecule has 3 aliphatic heterocycles. The summed E-state index contributed by atoms with van der Waals surface area (Å²) < 4.78 is 33.7. The Kier molecular flexibility index (Phi) is 3.20. The second kappa shape index (κ2) is 4.97. The first-order chi connectivity index (χ1) is 10.1. The van der Waals surface area contributed by atoms with Crippen LogP contribution in [0, 0.1) is 0 Å². The van der Waals surface area contributed by atoms with Crippen LogP contribution < -0.4 is 10.0 Å². The zero-order chi connectivity index (χ0) is 14.4. The topological polar surface area (TPSA) is 67.4 Å². The normalized spacial score (nSPS) is 31.0. The van der Waals surface area contributed by atoms with Crippen molar-refractivity contribution in [3.63, 3.8) is 0 Å². The number of rotatable bonds is 3. The molecule has 0 saturated carbocycles. The van der Waals surface area contributed by atoms with Gasteiger partial charge in [-0.2, -0.15) is 0 Å². The summed E-state index contributed by atoms with van der Waals surface area (Å²) in [6.45, 7) is 0.907. The van der Waals surface area contributed by atoms with E-state index in [1.807, 2.05) is 6.07 Å². The molecule has 21 heavy (non-hydrogen) atoms. The summed E-state index contributed by atoms with van der Waals surface area (Å²) in [5.74, 6) is 0. The quantitative estimate of drug-likeness (QED) is 0.891. The van der Waals surface area contributed by atoms with Crippen LogP contribution in [-0.4, -0.2) is 33.2 Å². The van der Waals surface area contributed by atoms with Gasteiger partial charge in [0.15, 0.2) is 0 Å². The van der Waals surface area contributed by atoms with Gasteiger partial charge in [0.2, 0.25) is 10.0 Å². The van der Waals surface area contributed by atoms with Gasteiger partial charge in [0, 0.05) is 12.2 Å². The Bertz CT molecular complexity index is 659. The molecule has 0 radical (unpaired) electrons. The molecule has 6 heteroatoms. The minimum absolute atomic E-state index is 0.0560. The largest absolute Gasteiger partial charge is 0.385 e. The standard InChI is InChI=1S/C15H20N2O3S/c18-21(19,17-14-8-11-4-6-15(14)20-11)12-5-3-10-2-1-7-16-13(10)9-12/h3,5,9,11,14-17H,1-2,4,6-8H2. The summed E-state index contributed by atoms with van der Waals surface area (Å²) in [5.41, 5.74) is 2.15. The molecule has 5 nitrogen and oxygen atoms in total. The Balaban J connectivity index is 1.57. The number of ether oxygens (including phenoxy) is 1. The van der Waals surface area contributed by atoms with Gasteiger partial charge in [0.25, 0.3) is 0 Å². The van der Waals surface area contributed by atoms with Gasteiger partial charge in [0.1, 0.15) is 0 Å². The van der Waals surface area contributed by atoms with E-state index in [4.69, 9.17) is 4.74 Å². The highest BCUT2D eigenvalue weighted by Gasteiger charge is 2.42. The molecule has 2 saturated heterocycles. The van der Waals surface area contributed by atoms with Crippen molar-refractivity contribution in [2.45, 2.75) is 55.2 Å². The van der Waals surface area contributed by atoms with E-state index in [1.165, 1.54) is 5.56 Å². The fourth-order valence-electron chi connectivity index (χ4n) is 3.64. The number of fused-ring (bicyclic) bond motifs is 3. The summed E-state index contributed by atoms with van der Waals surface area (Å²) in [4.78, 5) is 0.346. The first-order valence-electron chi connectivity index (χ1n) is 7.66. The molecule has 0 spiro atoms. The second-order valence-corrected chi connectivity index (χ2v) is 7.90. The predicted molar refractivity (Wildman–Crippen MR) is 79.9 cm³/mol. The Morgan fingerprint density at radius 3 is 2.95 bits per heavy atom. The number of aryl methyl sites for hydroxylation is 1. The molecule has 2 fully saturated rings. The maximum absolute atomic E-state index is 12.6. The lowest BCUT2D eigenvalue weighted by Gasteiger charge is -2.22. The van der Waals surface area contributed by atoms with Crippen LogP contribution in [0.1, 0.15) is 31.2 Å². The number of hydrogen-bond donors (Lipinski definition) is 2. The van der Waals surface area contributed by atoms with Crippen LogP contribution in [0.4, 0.5) is 5.69 Å². The Labute approximate surface area is 125 Å². The minimum atomic E-state index is -3.47. The third-order valence-electron chi connectivity index (χ3n) is 4.74. The van der Waals surface area contributed by atoms with Crippen molar-refractivity contribution < 1.29 is 13.2 Å². The third-order valence-corrected chi connectivity index (χ3v) is 6.23. The van der Waals surface area contributed by atoms with Crippen molar-refractivity contribution in [2.75, 3.05) is 11.9 Å². The molecular weight excluding hydrogens is 288 g/mol. The molecule has 1 aromatic carbocycles. The van der Waals surface area contributed by atoms with E-state index in [2.05, 4.69) is 10.0 Å². The van der Waals surface area contributed by atoms with Crippen LogP contribution in [0.15, 0.2) is 23.1 Å². The van der Waals surface area contributed by atoms with Gasteiger partial charge in [-0.3, -0.25) is 0 Å². The van der Waals surface area contributed by atoms with Crippen LogP contribution in [0.5, 0.6) is 0 Å². The number of anilines is 1. The molecule has 3 unspecified atom stereocenters. The van der Waals surface area contributed by atoms with Crippen molar-refractivity contribution in [2.24, 2.45) is 0 Å². The Morgan fingerprint density at radius 1 is 1.29 bits per heavy atom. The first kappa shape index (κ1) is 13.5. The van der Waals surface area contributed by atoms with E-state index in [0.29, 0.717) is 4.90 Å². The minimum Gasteiger partial charge on any atom is -0.385 e. The molecule has 2 N–H and O–H groups in total. The molecule has 0 aliphatic carbocycles. The van der Waals surface area contributed by atoms with E-state index in [0.717, 1.165) is 44.3 Å². The summed E-state index contributed by atoms with van der Waals surface area (Å²) >= 11 is 0. The monoisotopic (exact) mass is 308 g/mol. The lowest BCUT2D eigenvalue weighted by atomic mass is 9.96. The average Bonchev–Trinajstić information content (AvgIpc) is 3.09. The van der Waals surface area contributed by atoms with Gasteiger partial charge < -0.3 is 10.1 Å². The second-order valence-electron chi connectivity index (χ2n) is 6.19. The van der Waals surface area contributed by atoms with Crippen molar-refractivity contribution in [1.82, 2.24) is 4.72 Å². The predicted octanol–water partition coefficient (Wildman–Crippen LogP) is 1.64. The van der Waals surface area contributed by atoms with Crippen molar-refractivity contribution in [3.8, 4) is 0 Å². The lowest BCUT2D eigenvalue weighted by Crippen LogP contribution is -2.41. The molecule has 4 rings (SSSR count). The molecule has 3 aliphatic rings. The molecule has 3 atom stereocenters. The van der Waals surface area contributed by atoms with Gasteiger partial charge in [-0.15, -0.1) is 0 Å². The number of hydrogen-bond acceptors (Lipinski definition) is 4. The number of benzene rings is 1. The molecule has 1 aromatic rings. The van der Waals surface area contributed by atoms with Crippen LogP contribution in [0.25, 0.3) is 0 Å². The van der Waals surface area contributed by atoms with Crippen LogP contribution >= 0.6 is 0 Å². The lowest BCUT2D eigenvalue weighted by molar-refractivity contribution is 0.0996. The van der Waals surface area contributed by atoms with Crippen molar-refractivity contribution in [3.05, 3.63) is 23.8 Å². The smallest absolute Gasteiger partial charge is 0.240 e. The fourth-order valence-corrected chi connectivity index (χ4v) is 4.94. The van der Waals surface area contributed by atoms with Crippen molar-refractivity contribution >= 4 is 15.7 Å². The fraction of sp³-hybridized carbons (Fsp3) is 0.600. The van der Waals surface area contributed by atoms with Gasteiger partial charge in [-0.25, -0.2) is 13.1 Å². The van der Waals surface area contributed by atoms with Gasteiger partial charge in [0.05, 0.1) is 23.1 Å². The summed E-state index contributed by atoms with van der Waals surface area (Å²) in [5, 5.41) is 3.28. The SMILES string of the molecule is O=S(=O)(NC1CC2CCC1O2)c1ccc2c(c1)NCCC2. The van der Waals surface area contributed by atoms with Gasteiger partial charge in [-0.1, -0.05) is 6.07 Å². The summed E-state index contributed by atoms with van der Waals surface area (Å²) in [6, 6.07) is 5.32. The molecular formula is C15H20N2O3S. The van der Waals surface area contributed by atoms with Crippen molar-refractivity contribution in [1.29, 1.82) is 0 Å². The van der Waals surface area contributed by atoms with Crippen LogP contribution in [0.2, 0.25) is 0 Å². The molecule has 3 heterocycles. The molecule has 2 bridgehead atoms. The molecule has 0 amide bonds.